The van der Waals surface area contributed by atoms with E-state index in [9.17, 15) is 14.7 Å². The zero-order valence-electron chi connectivity index (χ0n) is 12.0. The fraction of sp³-hybridized carbons (Fsp3) is 0.500. The van der Waals surface area contributed by atoms with Gasteiger partial charge >= 0.3 is 5.97 Å². The Bertz CT molecular complexity index is 552. The summed E-state index contributed by atoms with van der Waals surface area (Å²) in [5, 5.41) is 9.45. The Labute approximate surface area is 124 Å². The van der Waals surface area contributed by atoms with Crippen LogP contribution in [0.4, 0.5) is 0 Å². The van der Waals surface area contributed by atoms with E-state index in [0.29, 0.717) is 13.0 Å². The molecule has 5 heteroatoms. The number of carboxylic acids is 1. The predicted octanol–water partition coefficient (Wildman–Crippen LogP) is 1.12. The lowest BCUT2D eigenvalue weighted by Gasteiger charge is -2.34. The van der Waals surface area contributed by atoms with Crippen molar-refractivity contribution >= 4 is 11.9 Å². The van der Waals surface area contributed by atoms with Crippen LogP contribution in [0, 0.1) is 0 Å². The molecule has 1 N–H and O–H groups in total. The van der Waals surface area contributed by atoms with Gasteiger partial charge in [0.15, 0.2) is 0 Å². The normalized spacial score (nSPS) is 22.1. The molecule has 0 radical (unpaired) electrons. The van der Waals surface area contributed by atoms with Crippen molar-refractivity contribution in [2.45, 2.75) is 31.8 Å². The van der Waals surface area contributed by atoms with E-state index in [1.807, 2.05) is 29.2 Å². The van der Waals surface area contributed by atoms with Crippen molar-refractivity contribution < 1.29 is 14.7 Å². The van der Waals surface area contributed by atoms with Gasteiger partial charge in [-0.25, -0.2) is 0 Å². The van der Waals surface area contributed by atoms with E-state index in [-0.39, 0.29) is 12.5 Å². The highest BCUT2D eigenvalue weighted by Gasteiger charge is 2.33. The van der Waals surface area contributed by atoms with Gasteiger partial charge in [0.25, 0.3) is 0 Å². The molecule has 1 amide bonds. The van der Waals surface area contributed by atoms with Crippen LogP contribution in [0.5, 0.6) is 0 Å². The minimum Gasteiger partial charge on any atom is -0.480 e. The number of aliphatic carboxylic acids is 1. The highest BCUT2D eigenvalue weighted by molar-refractivity contribution is 5.80. The van der Waals surface area contributed by atoms with Crippen molar-refractivity contribution in [2.24, 2.45) is 0 Å². The number of nitrogens with zero attached hydrogens (tertiary/aromatic N) is 2. The van der Waals surface area contributed by atoms with Crippen molar-refractivity contribution in [3.63, 3.8) is 0 Å². The van der Waals surface area contributed by atoms with Crippen LogP contribution in [0.1, 0.15) is 24.0 Å². The Morgan fingerprint density at radius 3 is 2.48 bits per heavy atom. The number of carboxylic acid groups (broad SMARTS) is 1. The van der Waals surface area contributed by atoms with E-state index in [0.717, 1.165) is 37.1 Å². The lowest BCUT2D eigenvalue weighted by Crippen LogP contribution is -2.49. The molecule has 1 fully saturated rings. The maximum absolute atomic E-state index is 12.3. The number of likely N-dealkylation sites (tertiary alicyclic amines) is 1. The summed E-state index contributed by atoms with van der Waals surface area (Å²) in [6.45, 7) is 2.35. The van der Waals surface area contributed by atoms with Crippen LogP contribution < -0.4 is 0 Å². The Balaban J connectivity index is 1.76. The van der Waals surface area contributed by atoms with E-state index in [1.54, 1.807) is 4.90 Å². The molecule has 0 aromatic heterocycles. The Hall–Kier alpha value is -1.88. The third-order valence-electron chi connectivity index (χ3n) is 4.43. The van der Waals surface area contributed by atoms with E-state index in [4.69, 9.17) is 0 Å². The van der Waals surface area contributed by atoms with E-state index in [1.165, 1.54) is 0 Å². The number of hydrogen-bond acceptors (Lipinski definition) is 3. The Morgan fingerprint density at radius 1 is 1.14 bits per heavy atom. The zero-order chi connectivity index (χ0) is 14.8. The van der Waals surface area contributed by atoms with Gasteiger partial charge in [0.05, 0.1) is 6.54 Å². The predicted molar refractivity (Wildman–Crippen MR) is 77.8 cm³/mol. The SMILES string of the molecule is O=C(O)C1Cc2ccccc2CN1CC(=O)N1CCCC1. The highest BCUT2D eigenvalue weighted by Crippen LogP contribution is 2.23. The first-order valence-electron chi connectivity index (χ1n) is 7.46. The third-order valence-corrected chi connectivity index (χ3v) is 4.43. The van der Waals surface area contributed by atoms with Crippen molar-refractivity contribution in [1.82, 2.24) is 9.80 Å². The molecule has 1 unspecified atom stereocenters. The number of fused-ring (bicyclic) bond motifs is 1. The fourth-order valence-electron chi connectivity index (χ4n) is 3.23. The molecule has 2 aliphatic rings. The number of amides is 1. The second kappa shape index (κ2) is 5.85. The summed E-state index contributed by atoms with van der Waals surface area (Å²) in [6.07, 6.45) is 2.58. The molecule has 0 bridgehead atoms. The smallest absolute Gasteiger partial charge is 0.321 e. The van der Waals surface area contributed by atoms with Crippen LogP contribution in [0.15, 0.2) is 24.3 Å². The molecule has 1 saturated heterocycles. The topological polar surface area (TPSA) is 60.9 Å². The summed E-state index contributed by atoms with van der Waals surface area (Å²) in [5.74, 6) is -0.795. The molecule has 0 aliphatic carbocycles. The van der Waals surface area contributed by atoms with Crippen molar-refractivity contribution in [2.75, 3.05) is 19.6 Å². The Kier molecular flexibility index (Phi) is 3.92. The Morgan fingerprint density at radius 2 is 1.81 bits per heavy atom. The number of carbonyl (C=O) groups excluding carboxylic acids is 1. The number of rotatable bonds is 3. The first kappa shape index (κ1) is 14.1. The maximum Gasteiger partial charge on any atom is 0.321 e. The quantitative estimate of drug-likeness (QED) is 0.905. The first-order chi connectivity index (χ1) is 10.1. The summed E-state index contributed by atoms with van der Waals surface area (Å²) in [7, 11) is 0. The van der Waals surface area contributed by atoms with Crippen molar-refractivity contribution in [3.05, 3.63) is 35.4 Å². The zero-order valence-corrected chi connectivity index (χ0v) is 12.0. The number of carbonyl (C=O) groups is 2. The average molecular weight is 288 g/mol. The minimum atomic E-state index is -0.848. The van der Waals surface area contributed by atoms with Crippen LogP contribution in [0.3, 0.4) is 0 Å². The summed E-state index contributed by atoms with van der Waals surface area (Å²) < 4.78 is 0. The number of benzene rings is 1. The highest BCUT2D eigenvalue weighted by atomic mass is 16.4. The van der Waals surface area contributed by atoms with Crippen molar-refractivity contribution in [1.29, 1.82) is 0 Å². The largest absolute Gasteiger partial charge is 0.480 e. The second-order valence-electron chi connectivity index (χ2n) is 5.82. The van der Waals surface area contributed by atoms with Gasteiger partial charge in [-0.05, 0) is 30.4 Å². The lowest BCUT2D eigenvalue weighted by atomic mass is 9.94. The van der Waals surface area contributed by atoms with Gasteiger partial charge in [0.1, 0.15) is 6.04 Å². The molecular weight excluding hydrogens is 268 g/mol. The van der Waals surface area contributed by atoms with Gasteiger partial charge in [-0.1, -0.05) is 24.3 Å². The van der Waals surface area contributed by atoms with Crippen LogP contribution >= 0.6 is 0 Å². The molecule has 2 heterocycles. The van der Waals surface area contributed by atoms with Gasteiger partial charge < -0.3 is 10.0 Å². The monoisotopic (exact) mass is 288 g/mol. The molecule has 0 spiro atoms. The third kappa shape index (κ3) is 2.93. The van der Waals surface area contributed by atoms with Crippen LogP contribution in [-0.4, -0.2) is 52.5 Å². The summed E-state index contributed by atoms with van der Waals surface area (Å²) >= 11 is 0. The van der Waals surface area contributed by atoms with Gasteiger partial charge in [-0.3, -0.25) is 14.5 Å². The standard InChI is InChI=1S/C16H20N2O3/c19-15(17-7-3-4-8-17)11-18-10-13-6-2-1-5-12(13)9-14(18)16(20)21/h1-2,5-6,14H,3-4,7-11H2,(H,20,21). The maximum atomic E-state index is 12.3. The number of hydrogen-bond donors (Lipinski definition) is 1. The average Bonchev–Trinajstić information content (AvgIpc) is 3.00. The van der Waals surface area contributed by atoms with Gasteiger partial charge in [0, 0.05) is 19.6 Å². The molecule has 2 aliphatic heterocycles. The molecule has 5 nitrogen and oxygen atoms in total. The molecule has 1 aromatic carbocycles. The van der Waals surface area contributed by atoms with Crippen LogP contribution in [0.2, 0.25) is 0 Å². The van der Waals surface area contributed by atoms with E-state index in [2.05, 4.69) is 0 Å². The lowest BCUT2D eigenvalue weighted by molar-refractivity contribution is -0.145. The molecule has 1 atom stereocenters. The molecule has 0 saturated carbocycles. The van der Waals surface area contributed by atoms with Gasteiger partial charge in [-0.2, -0.15) is 0 Å². The first-order valence-corrected chi connectivity index (χ1v) is 7.46. The summed E-state index contributed by atoms with van der Waals surface area (Å²) in [5.41, 5.74) is 2.21. The molecule has 112 valence electrons. The summed E-state index contributed by atoms with van der Waals surface area (Å²) in [4.78, 5) is 27.4. The van der Waals surface area contributed by atoms with Gasteiger partial charge in [0.2, 0.25) is 5.91 Å². The van der Waals surface area contributed by atoms with Crippen molar-refractivity contribution in [3.8, 4) is 0 Å². The second-order valence-corrected chi connectivity index (χ2v) is 5.82. The van der Waals surface area contributed by atoms with E-state index >= 15 is 0 Å². The van der Waals surface area contributed by atoms with Gasteiger partial charge in [-0.15, -0.1) is 0 Å². The molecule has 3 rings (SSSR count). The van der Waals surface area contributed by atoms with Crippen LogP contribution in [0.25, 0.3) is 0 Å². The molecule has 1 aromatic rings. The van der Waals surface area contributed by atoms with E-state index < -0.39 is 12.0 Å². The summed E-state index contributed by atoms with van der Waals surface area (Å²) in [6, 6.07) is 7.28. The molecule has 21 heavy (non-hydrogen) atoms. The van der Waals surface area contributed by atoms with Crippen LogP contribution in [-0.2, 0) is 22.6 Å². The molecular formula is C16H20N2O3. The fourth-order valence-corrected chi connectivity index (χ4v) is 3.23. The minimum absolute atomic E-state index is 0.0538.